The minimum Gasteiger partial charge on any atom is -0.389 e. The van der Waals surface area contributed by atoms with Gasteiger partial charge < -0.3 is 9.84 Å². The van der Waals surface area contributed by atoms with Crippen molar-refractivity contribution < 1.29 is 9.84 Å². The van der Waals surface area contributed by atoms with Gasteiger partial charge in [0.15, 0.2) is 0 Å². The highest BCUT2D eigenvalue weighted by Crippen LogP contribution is 2.11. The van der Waals surface area contributed by atoms with E-state index in [1.165, 1.54) is 0 Å². The molecule has 2 unspecified atom stereocenters. The summed E-state index contributed by atoms with van der Waals surface area (Å²) in [5, 5.41) is 9.32. The average Bonchev–Trinajstić information content (AvgIpc) is 2.30. The van der Waals surface area contributed by atoms with Crippen molar-refractivity contribution in [2.75, 3.05) is 26.7 Å². The lowest BCUT2D eigenvalue weighted by molar-refractivity contribution is 0.0215. The summed E-state index contributed by atoms with van der Waals surface area (Å²) in [7, 11) is 1.65. The van der Waals surface area contributed by atoms with Crippen molar-refractivity contribution in [2.45, 2.75) is 19.1 Å². The molecule has 1 N–H and O–H groups in total. The van der Waals surface area contributed by atoms with Gasteiger partial charge in [-0.15, -0.1) is 0 Å². The maximum absolute atomic E-state index is 9.32. The highest BCUT2D eigenvalue weighted by Gasteiger charge is 2.29. The Hall–Kier alpha value is -0.120. The summed E-state index contributed by atoms with van der Waals surface area (Å²) in [5.74, 6) is 0. The topological polar surface area (TPSA) is 32.7 Å². The fourth-order valence-corrected chi connectivity index (χ4v) is 1.32. The summed E-state index contributed by atoms with van der Waals surface area (Å²) in [4.78, 5) is 2.18. The van der Waals surface area contributed by atoms with Gasteiger partial charge in [0.05, 0.1) is 12.2 Å². The molecule has 0 spiro atoms. The molecule has 60 valence electrons. The number of nitrogens with zero attached hydrogens (tertiary/aromatic N) is 1. The Kier molecular flexibility index (Phi) is 2.65. The van der Waals surface area contributed by atoms with Gasteiger partial charge in [0.1, 0.15) is 0 Å². The molecule has 0 aliphatic carbocycles. The number of aliphatic hydroxyl groups excluding tert-OH is 1. The van der Waals surface area contributed by atoms with Crippen molar-refractivity contribution in [3.05, 3.63) is 0 Å². The van der Waals surface area contributed by atoms with E-state index in [0.717, 1.165) is 19.6 Å². The molecule has 0 aromatic heterocycles. The molecule has 0 saturated carbocycles. The van der Waals surface area contributed by atoms with E-state index in [1.54, 1.807) is 7.11 Å². The molecule has 2 atom stereocenters. The van der Waals surface area contributed by atoms with E-state index in [9.17, 15) is 5.11 Å². The molecule has 0 bridgehead atoms. The van der Waals surface area contributed by atoms with Crippen LogP contribution in [0.1, 0.15) is 6.92 Å². The highest BCUT2D eigenvalue weighted by atomic mass is 16.5. The van der Waals surface area contributed by atoms with E-state index < -0.39 is 0 Å². The second-order valence-corrected chi connectivity index (χ2v) is 2.69. The first kappa shape index (κ1) is 7.98. The Balaban J connectivity index is 2.36. The number of aliphatic hydroxyl groups is 1. The maximum Gasteiger partial charge on any atom is 0.0969 e. The summed E-state index contributed by atoms with van der Waals surface area (Å²) in [6, 6.07) is 0. The Morgan fingerprint density at radius 1 is 1.60 bits per heavy atom. The smallest absolute Gasteiger partial charge is 0.0969 e. The summed E-state index contributed by atoms with van der Waals surface area (Å²) in [6.07, 6.45) is -0.259. The Morgan fingerprint density at radius 3 is 2.60 bits per heavy atom. The molecule has 1 heterocycles. The molecule has 3 nitrogen and oxygen atoms in total. The van der Waals surface area contributed by atoms with E-state index >= 15 is 0 Å². The van der Waals surface area contributed by atoms with Crippen LogP contribution in [0.2, 0.25) is 0 Å². The van der Waals surface area contributed by atoms with Gasteiger partial charge in [-0.05, 0) is 6.54 Å². The predicted octanol–water partition coefficient (Wildman–Crippen LogP) is -0.302. The van der Waals surface area contributed by atoms with E-state index in [-0.39, 0.29) is 12.2 Å². The number of ether oxygens (including phenoxy) is 1. The largest absolute Gasteiger partial charge is 0.389 e. The minimum absolute atomic E-state index is 0.0277. The quantitative estimate of drug-likeness (QED) is 0.579. The molecule has 1 rings (SSSR count). The summed E-state index contributed by atoms with van der Waals surface area (Å²) in [6.45, 7) is 4.71. The van der Waals surface area contributed by atoms with Crippen LogP contribution >= 0.6 is 0 Å². The normalized spacial score (nSPS) is 35.1. The maximum atomic E-state index is 9.32. The third-order valence-corrected chi connectivity index (χ3v) is 2.06. The molecule has 10 heavy (non-hydrogen) atoms. The highest BCUT2D eigenvalue weighted by molar-refractivity contribution is 4.83. The van der Waals surface area contributed by atoms with E-state index in [1.807, 2.05) is 0 Å². The van der Waals surface area contributed by atoms with Gasteiger partial charge >= 0.3 is 0 Å². The number of hydrogen-bond acceptors (Lipinski definition) is 3. The molecule has 1 aliphatic rings. The van der Waals surface area contributed by atoms with Crippen LogP contribution in [0, 0.1) is 0 Å². The molecular formula is C7H15NO2. The van der Waals surface area contributed by atoms with Crippen molar-refractivity contribution in [1.29, 1.82) is 0 Å². The lowest BCUT2D eigenvalue weighted by Gasteiger charge is -2.10. The third-order valence-electron chi connectivity index (χ3n) is 2.06. The predicted molar refractivity (Wildman–Crippen MR) is 38.9 cm³/mol. The zero-order chi connectivity index (χ0) is 7.56. The monoisotopic (exact) mass is 145 g/mol. The van der Waals surface area contributed by atoms with Gasteiger partial charge in [-0.3, -0.25) is 4.90 Å². The second kappa shape index (κ2) is 3.32. The number of β-amino-alcohol motifs (C(OH)–C–C–N with tert-alkyl or cyclic N) is 1. The first-order valence-corrected chi connectivity index (χ1v) is 3.71. The number of methoxy groups -OCH3 is 1. The molecule has 1 aliphatic heterocycles. The Labute approximate surface area is 61.6 Å². The first-order valence-electron chi connectivity index (χ1n) is 3.71. The fraction of sp³-hybridized carbons (Fsp3) is 1.00. The number of likely N-dealkylation sites (N-methyl/N-ethyl adjacent to an activating group) is 1. The fourth-order valence-electron chi connectivity index (χ4n) is 1.32. The molecule has 3 heteroatoms. The van der Waals surface area contributed by atoms with Crippen LogP contribution < -0.4 is 0 Å². The van der Waals surface area contributed by atoms with Crippen LogP contribution in [0.25, 0.3) is 0 Å². The summed E-state index contributed by atoms with van der Waals surface area (Å²) < 4.78 is 5.06. The molecular weight excluding hydrogens is 130 g/mol. The van der Waals surface area contributed by atoms with Crippen molar-refractivity contribution in [2.24, 2.45) is 0 Å². The number of hydrogen-bond donors (Lipinski definition) is 1. The zero-order valence-electron chi connectivity index (χ0n) is 6.58. The van der Waals surface area contributed by atoms with Crippen LogP contribution in [-0.4, -0.2) is 49.0 Å². The van der Waals surface area contributed by atoms with Crippen molar-refractivity contribution >= 4 is 0 Å². The zero-order valence-corrected chi connectivity index (χ0v) is 6.58. The van der Waals surface area contributed by atoms with Crippen LogP contribution in [0.3, 0.4) is 0 Å². The van der Waals surface area contributed by atoms with Gasteiger partial charge in [-0.25, -0.2) is 0 Å². The lowest BCUT2D eigenvalue weighted by Crippen LogP contribution is -2.25. The first-order chi connectivity index (χ1) is 4.77. The minimum atomic E-state index is -0.287. The molecule has 0 aromatic carbocycles. The Bertz CT molecular complexity index is 108. The van der Waals surface area contributed by atoms with Crippen LogP contribution in [-0.2, 0) is 4.74 Å². The van der Waals surface area contributed by atoms with Gasteiger partial charge in [0, 0.05) is 20.2 Å². The van der Waals surface area contributed by atoms with E-state index in [0.29, 0.717) is 0 Å². The van der Waals surface area contributed by atoms with Gasteiger partial charge in [-0.2, -0.15) is 0 Å². The Morgan fingerprint density at radius 2 is 2.30 bits per heavy atom. The SMILES string of the molecule is CCN1CC(O)C(OC)C1. The number of likely N-dealkylation sites (tertiary alicyclic amines) is 1. The van der Waals surface area contributed by atoms with Crippen LogP contribution in [0.5, 0.6) is 0 Å². The van der Waals surface area contributed by atoms with Crippen molar-refractivity contribution in [3.8, 4) is 0 Å². The lowest BCUT2D eigenvalue weighted by atomic mass is 10.3. The van der Waals surface area contributed by atoms with E-state index in [4.69, 9.17) is 4.74 Å². The second-order valence-electron chi connectivity index (χ2n) is 2.69. The van der Waals surface area contributed by atoms with E-state index in [2.05, 4.69) is 11.8 Å². The molecule has 0 radical (unpaired) electrons. The van der Waals surface area contributed by atoms with Crippen LogP contribution in [0.15, 0.2) is 0 Å². The number of rotatable bonds is 2. The average molecular weight is 145 g/mol. The third kappa shape index (κ3) is 1.48. The van der Waals surface area contributed by atoms with Crippen molar-refractivity contribution in [1.82, 2.24) is 4.90 Å². The van der Waals surface area contributed by atoms with Gasteiger partial charge in [0.25, 0.3) is 0 Å². The van der Waals surface area contributed by atoms with Gasteiger partial charge in [-0.1, -0.05) is 6.92 Å². The van der Waals surface area contributed by atoms with Crippen molar-refractivity contribution in [3.63, 3.8) is 0 Å². The van der Waals surface area contributed by atoms with Crippen LogP contribution in [0.4, 0.5) is 0 Å². The standard InChI is InChI=1S/C7H15NO2/c1-3-8-4-6(9)7(5-8)10-2/h6-7,9H,3-5H2,1-2H3. The molecule has 1 saturated heterocycles. The summed E-state index contributed by atoms with van der Waals surface area (Å²) >= 11 is 0. The molecule has 0 amide bonds. The van der Waals surface area contributed by atoms with Gasteiger partial charge in [0.2, 0.25) is 0 Å². The summed E-state index contributed by atoms with van der Waals surface area (Å²) in [5.41, 5.74) is 0. The molecule has 0 aromatic rings. The molecule has 1 fully saturated rings.